The fourth-order valence-electron chi connectivity index (χ4n) is 0.609. The average molecular weight is 153 g/mol. The summed E-state index contributed by atoms with van der Waals surface area (Å²) in [5.41, 5.74) is 0. The predicted octanol–water partition coefficient (Wildman–Crippen LogP) is 0.967. The van der Waals surface area contributed by atoms with Crippen molar-refractivity contribution in [2.45, 2.75) is 32.7 Å². The van der Waals surface area contributed by atoms with Crippen LogP contribution in [0.1, 0.15) is 26.7 Å². The van der Waals surface area contributed by atoms with Gasteiger partial charge in [0.15, 0.2) is 5.78 Å². The van der Waals surface area contributed by atoms with Gasteiger partial charge in [-0.3, -0.25) is 4.79 Å². The van der Waals surface area contributed by atoms with E-state index in [9.17, 15) is 4.79 Å². The summed E-state index contributed by atoms with van der Waals surface area (Å²) in [7, 11) is 0. The Bertz CT molecular complexity index is 157. The van der Waals surface area contributed by atoms with Crippen LogP contribution in [0, 0.1) is 12.3 Å². The van der Waals surface area contributed by atoms with Crippen molar-refractivity contribution >= 4 is 5.78 Å². The van der Waals surface area contributed by atoms with Crippen LogP contribution >= 0.6 is 0 Å². The number of hydrogen-bond acceptors (Lipinski definition) is 2. The molecule has 1 N–H and O–H groups in total. The maximum Gasteiger partial charge on any atom is 0.158 e. The zero-order valence-corrected chi connectivity index (χ0v) is 7.18. The van der Waals surface area contributed by atoms with Gasteiger partial charge in [0.2, 0.25) is 0 Å². The van der Waals surface area contributed by atoms with Crippen molar-refractivity contribution < 1.29 is 4.79 Å². The molecule has 0 aliphatic carbocycles. The smallest absolute Gasteiger partial charge is 0.158 e. The molecule has 2 nitrogen and oxygen atoms in total. The Hall–Kier alpha value is -0.810. The molecule has 0 rings (SSSR count). The standard InChI is InChI=1S/C9H15NO/c1-4-6-9(11)7-10-8(3)5-2/h1,8,10H,5-7H2,2-3H3. The Kier molecular flexibility index (Phi) is 5.50. The van der Waals surface area contributed by atoms with Crippen molar-refractivity contribution in [3.63, 3.8) is 0 Å². The molecule has 0 aliphatic rings. The lowest BCUT2D eigenvalue weighted by molar-refractivity contribution is -0.117. The minimum absolute atomic E-state index is 0.0906. The van der Waals surface area contributed by atoms with Crippen LogP contribution in [-0.2, 0) is 4.79 Å². The van der Waals surface area contributed by atoms with E-state index in [1.165, 1.54) is 0 Å². The predicted molar refractivity (Wildman–Crippen MR) is 46.2 cm³/mol. The van der Waals surface area contributed by atoms with Gasteiger partial charge in [-0.2, -0.15) is 0 Å². The van der Waals surface area contributed by atoms with Gasteiger partial charge in [0, 0.05) is 6.04 Å². The number of rotatable bonds is 5. The quantitative estimate of drug-likeness (QED) is 0.596. The van der Waals surface area contributed by atoms with Crippen molar-refractivity contribution in [2.75, 3.05) is 6.54 Å². The number of hydrogen-bond donors (Lipinski definition) is 1. The Morgan fingerprint density at radius 3 is 2.82 bits per heavy atom. The van der Waals surface area contributed by atoms with Crippen LogP contribution in [0.15, 0.2) is 0 Å². The third-order valence-corrected chi connectivity index (χ3v) is 1.56. The molecular formula is C9H15NO. The molecule has 0 fully saturated rings. The van der Waals surface area contributed by atoms with Crippen molar-refractivity contribution in [1.29, 1.82) is 0 Å². The normalized spacial score (nSPS) is 12.1. The first-order valence-electron chi connectivity index (χ1n) is 3.89. The van der Waals surface area contributed by atoms with Crippen LogP contribution in [0.25, 0.3) is 0 Å². The van der Waals surface area contributed by atoms with E-state index in [-0.39, 0.29) is 12.2 Å². The second-order valence-electron chi connectivity index (χ2n) is 2.61. The van der Waals surface area contributed by atoms with E-state index >= 15 is 0 Å². The molecule has 1 atom stereocenters. The summed E-state index contributed by atoms with van der Waals surface area (Å²) in [5, 5.41) is 3.07. The molecule has 0 radical (unpaired) electrons. The Labute approximate surface area is 68.4 Å². The number of terminal acetylenes is 1. The summed E-state index contributed by atoms with van der Waals surface area (Å²) in [6, 6.07) is 0.400. The van der Waals surface area contributed by atoms with E-state index in [1.54, 1.807) is 0 Å². The van der Waals surface area contributed by atoms with Crippen molar-refractivity contribution in [2.24, 2.45) is 0 Å². The molecule has 0 spiro atoms. The van der Waals surface area contributed by atoms with Gasteiger partial charge >= 0.3 is 0 Å². The molecule has 0 heterocycles. The van der Waals surface area contributed by atoms with Gasteiger partial charge < -0.3 is 5.32 Å². The summed E-state index contributed by atoms with van der Waals surface area (Å²) in [4.78, 5) is 10.9. The molecule has 11 heavy (non-hydrogen) atoms. The van der Waals surface area contributed by atoms with Gasteiger partial charge in [0.1, 0.15) is 0 Å². The molecule has 0 saturated heterocycles. The van der Waals surface area contributed by atoms with E-state index in [1.807, 2.05) is 6.92 Å². The van der Waals surface area contributed by atoms with Crippen LogP contribution in [0.2, 0.25) is 0 Å². The summed E-state index contributed by atoms with van der Waals surface area (Å²) < 4.78 is 0. The third-order valence-electron chi connectivity index (χ3n) is 1.56. The number of Topliss-reactive ketones (excluding diaryl/α,β-unsaturated/α-hetero) is 1. The van der Waals surface area contributed by atoms with Crippen molar-refractivity contribution in [1.82, 2.24) is 5.32 Å². The molecule has 0 amide bonds. The topological polar surface area (TPSA) is 29.1 Å². The van der Waals surface area contributed by atoms with Gasteiger partial charge in [0.05, 0.1) is 13.0 Å². The highest BCUT2D eigenvalue weighted by Crippen LogP contribution is 1.87. The SMILES string of the molecule is C#CCC(=O)CNC(C)CC. The lowest BCUT2D eigenvalue weighted by Gasteiger charge is -2.08. The highest BCUT2D eigenvalue weighted by molar-refractivity contribution is 5.82. The van der Waals surface area contributed by atoms with Crippen molar-refractivity contribution in [3.05, 3.63) is 0 Å². The maximum absolute atomic E-state index is 10.9. The lowest BCUT2D eigenvalue weighted by Crippen LogP contribution is -2.30. The summed E-state index contributed by atoms with van der Waals surface area (Å²) in [6.07, 6.45) is 6.24. The Morgan fingerprint density at radius 1 is 1.73 bits per heavy atom. The largest absolute Gasteiger partial charge is 0.307 e. The highest BCUT2D eigenvalue weighted by atomic mass is 16.1. The minimum Gasteiger partial charge on any atom is -0.307 e. The molecule has 62 valence electrons. The number of carbonyl (C=O) groups is 1. The molecule has 0 bridgehead atoms. The van der Waals surface area contributed by atoms with Gasteiger partial charge in [-0.15, -0.1) is 6.42 Å². The summed E-state index contributed by atoms with van der Waals surface area (Å²) in [6.45, 7) is 4.52. The van der Waals surface area contributed by atoms with Crippen LogP contribution in [0.5, 0.6) is 0 Å². The monoisotopic (exact) mass is 153 g/mol. The fourth-order valence-corrected chi connectivity index (χ4v) is 0.609. The van der Waals surface area contributed by atoms with E-state index in [2.05, 4.69) is 18.2 Å². The first-order chi connectivity index (χ1) is 5.20. The van der Waals surface area contributed by atoms with Crippen LogP contribution in [0.4, 0.5) is 0 Å². The molecular weight excluding hydrogens is 138 g/mol. The van der Waals surface area contributed by atoms with E-state index in [0.29, 0.717) is 12.6 Å². The number of nitrogens with one attached hydrogen (secondary N) is 1. The molecule has 2 heteroatoms. The van der Waals surface area contributed by atoms with Gasteiger partial charge in [0.25, 0.3) is 0 Å². The second-order valence-corrected chi connectivity index (χ2v) is 2.61. The van der Waals surface area contributed by atoms with E-state index in [0.717, 1.165) is 6.42 Å². The lowest BCUT2D eigenvalue weighted by atomic mass is 10.2. The molecule has 0 aliphatic heterocycles. The van der Waals surface area contributed by atoms with Crippen LogP contribution in [0.3, 0.4) is 0 Å². The summed E-state index contributed by atoms with van der Waals surface area (Å²) in [5.74, 6) is 2.41. The second kappa shape index (κ2) is 5.94. The van der Waals surface area contributed by atoms with Crippen LogP contribution < -0.4 is 5.32 Å². The summed E-state index contributed by atoms with van der Waals surface area (Å²) >= 11 is 0. The molecule has 0 aromatic rings. The molecule has 1 unspecified atom stereocenters. The molecule has 0 aromatic carbocycles. The fraction of sp³-hybridized carbons (Fsp3) is 0.667. The highest BCUT2D eigenvalue weighted by Gasteiger charge is 2.01. The maximum atomic E-state index is 10.9. The van der Waals surface area contributed by atoms with Crippen molar-refractivity contribution in [3.8, 4) is 12.3 Å². The zero-order chi connectivity index (χ0) is 8.69. The Morgan fingerprint density at radius 2 is 2.36 bits per heavy atom. The minimum atomic E-state index is 0.0906. The van der Waals surface area contributed by atoms with Gasteiger partial charge in [-0.05, 0) is 13.3 Å². The van der Waals surface area contributed by atoms with Gasteiger partial charge in [-0.1, -0.05) is 12.8 Å². The first kappa shape index (κ1) is 10.2. The third kappa shape index (κ3) is 5.63. The average Bonchev–Trinajstić information content (AvgIpc) is 2.01. The Balaban J connectivity index is 3.39. The number of carbonyl (C=O) groups excluding carboxylic acids is 1. The van der Waals surface area contributed by atoms with Crippen LogP contribution in [-0.4, -0.2) is 18.4 Å². The molecule has 0 aromatic heterocycles. The first-order valence-corrected chi connectivity index (χ1v) is 3.89. The number of ketones is 1. The van der Waals surface area contributed by atoms with Gasteiger partial charge in [-0.25, -0.2) is 0 Å². The van der Waals surface area contributed by atoms with E-state index < -0.39 is 0 Å². The zero-order valence-electron chi connectivity index (χ0n) is 7.18. The van der Waals surface area contributed by atoms with E-state index in [4.69, 9.17) is 6.42 Å². The molecule has 0 saturated carbocycles.